The van der Waals surface area contributed by atoms with Gasteiger partial charge in [0.05, 0.1) is 17.0 Å². The standard InChI is InChI=1S/C27H20N6OS/c1-18-29-30-25(34-18)17-35-27-32-31-26(33(27)20-12-6-3-7-13-20)22-16-24(19-10-4-2-5-11-19)28-23-15-9-8-14-21(22)23/h2-16H,17H2,1H3. The minimum absolute atomic E-state index is 0.498. The van der Waals surface area contributed by atoms with Crippen LogP contribution in [0.15, 0.2) is 101 Å². The molecule has 0 saturated carbocycles. The van der Waals surface area contributed by atoms with Crippen LogP contribution in [0.4, 0.5) is 0 Å². The normalized spacial score (nSPS) is 11.2. The van der Waals surface area contributed by atoms with Gasteiger partial charge in [0.1, 0.15) is 0 Å². The molecule has 170 valence electrons. The highest BCUT2D eigenvalue weighted by Gasteiger charge is 2.20. The number of thioether (sulfide) groups is 1. The summed E-state index contributed by atoms with van der Waals surface area (Å²) in [6, 6.07) is 30.5. The molecular weight excluding hydrogens is 456 g/mol. The molecule has 0 aliphatic carbocycles. The first-order valence-corrected chi connectivity index (χ1v) is 12.1. The molecule has 0 saturated heterocycles. The van der Waals surface area contributed by atoms with Crippen molar-refractivity contribution in [2.24, 2.45) is 0 Å². The van der Waals surface area contributed by atoms with Crippen molar-refractivity contribution in [3.63, 3.8) is 0 Å². The molecule has 0 bridgehead atoms. The highest BCUT2D eigenvalue weighted by Crippen LogP contribution is 2.35. The maximum atomic E-state index is 5.56. The molecular formula is C27H20N6OS. The Morgan fingerprint density at radius 3 is 2.31 bits per heavy atom. The molecule has 3 aromatic carbocycles. The van der Waals surface area contributed by atoms with Crippen LogP contribution in [0.3, 0.4) is 0 Å². The maximum Gasteiger partial charge on any atom is 0.226 e. The summed E-state index contributed by atoms with van der Waals surface area (Å²) in [5.74, 6) is 2.34. The van der Waals surface area contributed by atoms with Crippen LogP contribution < -0.4 is 0 Å². The van der Waals surface area contributed by atoms with E-state index in [-0.39, 0.29) is 0 Å². The molecule has 0 radical (unpaired) electrons. The van der Waals surface area contributed by atoms with Crippen molar-refractivity contribution >= 4 is 22.7 Å². The van der Waals surface area contributed by atoms with Crippen molar-refractivity contribution in [1.29, 1.82) is 0 Å². The van der Waals surface area contributed by atoms with Crippen molar-refractivity contribution in [3.05, 3.63) is 103 Å². The third-order valence-corrected chi connectivity index (χ3v) is 6.48. The molecule has 3 heterocycles. The number of para-hydroxylation sites is 2. The fourth-order valence-corrected chi connectivity index (χ4v) is 4.78. The van der Waals surface area contributed by atoms with Gasteiger partial charge in [-0.15, -0.1) is 20.4 Å². The highest BCUT2D eigenvalue weighted by atomic mass is 32.2. The van der Waals surface area contributed by atoms with Gasteiger partial charge in [0, 0.05) is 29.1 Å². The van der Waals surface area contributed by atoms with E-state index in [1.165, 1.54) is 11.8 Å². The number of aryl methyl sites for hydroxylation is 1. The zero-order chi connectivity index (χ0) is 23.6. The van der Waals surface area contributed by atoms with Gasteiger partial charge in [-0.2, -0.15) is 0 Å². The summed E-state index contributed by atoms with van der Waals surface area (Å²) in [5, 5.41) is 19.0. The molecule has 3 aromatic heterocycles. The number of rotatable bonds is 6. The van der Waals surface area contributed by atoms with E-state index in [1.54, 1.807) is 6.92 Å². The zero-order valence-electron chi connectivity index (χ0n) is 18.9. The van der Waals surface area contributed by atoms with Gasteiger partial charge in [-0.25, -0.2) is 4.98 Å². The van der Waals surface area contributed by atoms with Crippen LogP contribution >= 0.6 is 11.8 Å². The van der Waals surface area contributed by atoms with Crippen molar-refractivity contribution in [3.8, 4) is 28.3 Å². The molecule has 0 aliphatic heterocycles. The summed E-state index contributed by atoms with van der Waals surface area (Å²) in [6.45, 7) is 1.78. The van der Waals surface area contributed by atoms with Crippen LogP contribution in [-0.4, -0.2) is 29.9 Å². The quantitative estimate of drug-likeness (QED) is 0.267. The topological polar surface area (TPSA) is 82.5 Å². The monoisotopic (exact) mass is 476 g/mol. The second-order valence-corrected chi connectivity index (χ2v) is 8.86. The fraction of sp³-hybridized carbons (Fsp3) is 0.0741. The van der Waals surface area contributed by atoms with Gasteiger partial charge in [-0.1, -0.05) is 78.5 Å². The third-order valence-electron chi connectivity index (χ3n) is 5.57. The molecule has 6 aromatic rings. The largest absolute Gasteiger partial charge is 0.425 e. The summed E-state index contributed by atoms with van der Waals surface area (Å²) < 4.78 is 7.63. The van der Waals surface area contributed by atoms with Gasteiger partial charge in [0.15, 0.2) is 11.0 Å². The highest BCUT2D eigenvalue weighted by molar-refractivity contribution is 7.98. The average Bonchev–Trinajstić information content (AvgIpc) is 3.53. The molecule has 0 unspecified atom stereocenters. The maximum absolute atomic E-state index is 5.56. The van der Waals surface area contributed by atoms with Crippen LogP contribution in [0.2, 0.25) is 0 Å². The molecule has 7 nitrogen and oxygen atoms in total. The predicted octanol–water partition coefficient (Wildman–Crippen LogP) is 6.13. The number of pyridine rings is 1. The van der Waals surface area contributed by atoms with E-state index in [4.69, 9.17) is 9.40 Å². The number of hydrogen-bond donors (Lipinski definition) is 0. The van der Waals surface area contributed by atoms with Crippen LogP contribution in [0.5, 0.6) is 0 Å². The Bertz CT molecular complexity index is 1610. The van der Waals surface area contributed by atoms with Crippen molar-refractivity contribution in [2.45, 2.75) is 17.8 Å². The lowest BCUT2D eigenvalue weighted by Crippen LogP contribution is -2.01. The van der Waals surface area contributed by atoms with Crippen molar-refractivity contribution in [1.82, 2.24) is 29.9 Å². The van der Waals surface area contributed by atoms with Gasteiger partial charge in [-0.3, -0.25) is 4.57 Å². The number of nitrogens with zero attached hydrogens (tertiary/aromatic N) is 6. The van der Waals surface area contributed by atoms with Crippen molar-refractivity contribution < 1.29 is 4.42 Å². The zero-order valence-corrected chi connectivity index (χ0v) is 19.7. The minimum Gasteiger partial charge on any atom is -0.425 e. The van der Waals surface area contributed by atoms with Crippen LogP contribution in [0, 0.1) is 6.92 Å². The first kappa shape index (κ1) is 21.2. The summed E-state index contributed by atoms with van der Waals surface area (Å²) in [7, 11) is 0. The van der Waals surface area contributed by atoms with E-state index in [0.717, 1.165) is 44.4 Å². The molecule has 0 atom stereocenters. The number of aromatic nitrogens is 6. The lowest BCUT2D eigenvalue weighted by Gasteiger charge is -2.13. The lowest BCUT2D eigenvalue weighted by molar-refractivity contribution is 0.485. The Kier molecular flexibility index (Phi) is 5.56. The second-order valence-electron chi connectivity index (χ2n) is 7.92. The molecule has 35 heavy (non-hydrogen) atoms. The van der Waals surface area contributed by atoms with Gasteiger partial charge in [0.2, 0.25) is 11.8 Å². The van der Waals surface area contributed by atoms with Gasteiger partial charge < -0.3 is 4.42 Å². The van der Waals surface area contributed by atoms with E-state index in [0.29, 0.717) is 17.5 Å². The van der Waals surface area contributed by atoms with Crippen LogP contribution in [0.1, 0.15) is 11.8 Å². The molecule has 0 amide bonds. The Hall–Kier alpha value is -4.30. The van der Waals surface area contributed by atoms with Crippen LogP contribution in [-0.2, 0) is 5.75 Å². The lowest BCUT2D eigenvalue weighted by atomic mass is 10.0. The molecule has 0 fully saturated rings. The van der Waals surface area contributed by atoms with E-state index in [2.05, 4.69) is 61.4 Å². The Balaban J connectivity index is 1.53. The van der Waals surface area contributed by atoms with Gasteiger partial charge in [0.25, 0.3) is 0 Å². The smallest absolute Gasteiger partial charge is 0.226 e. The first-order chi connectivity index (χ1) is 17.3. The summed E-state index contributed by atoms with van der Waals surface area (Å²) in [4.78, 5) is 4.93. The summed E-state index contributed by atoms with van der Waals surface area (Å²) in [6.07, 6.45) is 0. The molecule has 6 rings (SSSR count). The predicted molar refractivity (Wildman–Crippen MR) is 136 cm³/mol. The summed E-state index contributed by atoms with van der Waals surface area (Å²) >= 11 is 1.51. The first-order valence-electron chi connectivity index (χ1n) is 11.1. The number of benzene rings is 3. The molecule has 0 spiro atoms. The Morgan fingerprint density at radius 1 is 0.800 bits per heavy atom. The Morgan fingerprint density at radius 2 is 1.54 bits per heavy atom. The fourth-order valence-electron chi connectivity index (χ4n) is 3.99. The van der Waals surface area contributed by atoms with E-state index < -0.39 is 0 Å². The van der Waals surface area contributed by atoms with Gasteiger partial charge in [-0.05, 0) is 24.3 Å². The average molecular weight is 477 g/mol. The minimum atomic E-state index is 0.498. The SMILES string of the molecule is Cc1nnc(CSc2nnc(-c3cc(-c4ccccc4)nc4ccccc34)n2-c2ccccc2)o1. The Labute approximate surface area is 205 Å². The third kappa shape index (κ3) is 4.20. The van der Waals surface area contributed by atoms with Crippen molar-refractivity contribution in [2.75, 3.05) is 0 Å². The van der Waals surface area contributed by atoms with Crippen LogP contribution in [0.25, 0.3) is 39.2 Å². The molecule has 8 heteroatoms. The number of fused-ring (bicyclic) bond motifs is 1. The van der Waals surface area contributed by atoms with E-state index in [9.17, 15) is 0 Å². The molecule has 0 N–H and O–H groups in total. The van der Waals surface area contributed by atoms with E-state index in [1.807, 2.05) is 54.6 Å². The molecule has 0 aliphatic rings. The van der Waals surface area contributed by atoms with Gasteiger partial charge >= 0.3 is 0 Å². The second kappa shape index (κ2) is 9.15. The summed E-state index contributed by atoms with van der Waals surface area (Å²) in [5.41, 5.74) is 4.77. The number of hydrogen-bond acceptors (Lipinski definition) is 7. The van der Waals surface area contributed by atoms with E-state index >= 15 is 0 Å².